The molecule has 1 aliphatic heterocycles. The molecule has 172 valence electrons. The molecule has 1 saturated carbocycles. The van der Waals surface area contributed by atoms with Gasteiger partial charge in [-0.15, -0.1) is 0 Å². The Bertz CT molecular complexity index is 752. The molecule has 1 saturated heterocycles. The van der Waals surface area contributed by atoms with E-state index in [4.69, 9.17) is 9.72 Å². The van der Waals surface area contributed by atoms with Gasteiger partial charge in [0.05, 0.1) is 17.4 Å². The van der Waals surface area contributed by atoms with E-state index in [9.17, 15) is 5.11 Å². The Morgan fingerprint density at radius 1 is 1.29 bits per heavy atom. The first-order chi connectivity index (χ1) is 15.0. The van der Waals surface area contributed by atoms with Crippen LogP contribution in [0.5, 0.6) is 0 Å². The van der Waals surface area contributed by atoms with E-state index in [0.29, 0.717) is 23.8 Å². The molecule has 1 unspecified atom stereocenters. The van der Waals surface area contributed by atoms with Gasteiger partial charge < -0.3 is 20.5 Å². The van der Waals surface area contributed by atoms with Crippen molar-refractivity contribution in [3.05, 3.63) is 24.0 Å². The number of ether oxygens (including phenoxy) is 1. The third-order valence-corrected chi connectivity index (χ3v) is 6.38. The summed E-state index contributed by atoms with van der Waals surface area (Å²) in [5.41, 5.74) is 2.62. The molecule has 0 bridgehead atoms. The summed E-state index contributed by atoms with van der Waals surface area (Å²) in [6.07, 6.45) is 9.33. The summed E-state index contributed by atoms with van der Waals surface area (Å²) in [7, 11) is 1.76. The number of piperidine rings is 1. The van der Waals surface area contributed by atoms with E-state index in [1.54, 1.807) is 7.05 Å². The summed E-state index contributed by atoms with van der Waals surface area (Å²) in [6.45, 7) is 10.7. The van der Waals surface area contributed by atoms with Crippen LogP contribution in [-0.4, -0.2) is 59.4 Å². The molecule has 3 rings (SSSR count). The number of hydrogen-bond donors (Lipinski definition) is 3. The maximum absolute atomic E-state index is 9.93. The molecular weight excluding hydrogens is 390 g/mol. The summed E-state index contributed by atoms with van der Waals surface area (Å²) in [5.74, 6) is 1.51. The van der Waals surface area contributed by atoms with E-state index in [-0.39, 0.29) is 12.2 Å². The molecule has 31 heavy (non-hydrogen) atoms. The van der Waals surface area contributed by atoms with E-state index in [1.807, 2.05) is 6.20 Å². The molecule has 3 N–H and O–H groups in total. The number of aromatic nitrogens is 2. The minimum Gasteiger partial charge on any atom is -0.474 e. The van der Waals surface area contributed by atoms with Crippen LogP contribution in [0.15, 0.2) is 17.8 Å². The smallest absolute Gasteiger partial charge is 0.223 e. The topological polar surface area (TPSA) is 91.7 Å². The number of aliphatic hydroxyl groups is 1. The Kier molecular flexibility index (Phi) is 8.84. The van der Waals surface area contributed by atoms with E-state index >= 15 is 0 Å². The van der Waals surface area contributed by atoms with Crippen LogP contribution in [-0.2, 0) is 4.74 Å². The van der Waals surface area contributed by atoms with Gasteiger partial charge in [0.15, 0.2) is 0 Å². The number of rotatable bonds is 8. The molecule has 7 nitrogen and oxygen atoms in total. The fourth-order valence-corrected chi connectivity index (χ4v) is 4.50. The fourth-order valence-electron chi connectivity index (χ4n) is 4.50. The summed E-state index contributed by atoms with van der Waals surface area (Å²) in [6, 6.07) is 0.298. The zero-order valence-corrected chi connectivity index (χ0v) is 19.4. The standard InChI is InChI=1S/C24H39N5O2/c1-5-6-16(2)28-24-27-15-21(23(25-4)31-20-11-13-26-14-12-20)22(29-24)17(3)18-7-9-19(30)10-8-18/h15-16,18-20,26,30H,3,5-14H2,1-2,4H3,(H,27,28,29). The minimum absolute atomic E-state index is 0.147. The van der Waals surface area contributed by atoms with Crippen molar-refractivity contribution in [3.63, 3.8) is 0 Å². The Balaban J connectivity index is 1.87. The van der Waals surface area contributed by atoms with Gasteiger partial charge in [-0.05, 0) is 76.5 Å². The van der Waals surface area contributed by atoms with E-state index in [2.05, 4.69) is 41.0 Å². The first-order valence-electron chi connectivity index (χ1n) is 11.9. The van der Waals surface area contributed by atoms with Crippen molar-refractivity contribution in [1.82, 2.24) is 15.3 Å². The lowest BCUT2D eigenvalue weighted by Gasteiger charge is -2.28. The number of nitrogens with one attached hydrogen (secondary N) is 2. The van der Waals surface area contributed by atoms with E-state index < -0.39 is 0 Å². The van der Waals surface area contributed by atoms with Crippen LogP contribution in [0.1, 0.15) is 76.5 Å². The van der Waals surface area contributed by atoms with E-state index in [0.717, 1.165) is 81.3 Å². The van der Waals surface area contributed by atoms with Crippen LogP contribution in [0.3, 0.4) is 0 Å². The molecule has 1 aromatic rings. The summed E-state index contributed by atoms with van der Waals surface area (Å²) < 4.78 is 6.31. The third-order valence-electron chi connectivity index (χ3n) is 6.38. The van der Waals surface area contributed by atoms with Crippen molar-refractivity contribution in [2.24, 2.45) is 10.9 Å². The van der Waals surface area contributed by atoms with Crippen LogP contribution >= 0.6 is 0 Å². The van der Waals surface area contributed by atoms with Gasteiger partial charge in [0.1, 0.15) is 6.10 Å². The van der Waals surface area contributed by atoms with Crippen LogP contribution in [0.4, 0.5) is 5.95 Å². The van der Waals surface area contributed by atoms with Crippen LogP contribution < -0.4 is 10.6 Å². The average Bonchev–Trinajstić information content (AvgIpc) is 2.78. The fraction of sp³-hybridized carbons (Fsp3) is 0.708. The Labute approximate surface area is 186 Å². The minimum atomic E-state index is -0.197. The van der Waals surface area contributed by atoms with Crippen molar-refractivity contribution >= 4 is 17.4 Å². The molecule has 2 fully saturated rings. The number of anilines is 1. The van der Waals surface area contributed by atoms with Gasteiger partial charge in [-0.1, -0.05) is 19.9 Å². The number of hydrogen-bond acceptors (Lipinski definition) is 7. The highest BCUT2D eigenvalue weighted by atomic mass is 16.5. The predicted octanol–water partition coefficient (Wildman–Crippen LogP) is 3.79. The summed E-state index contributed by atoms with van der Waals surface area (Å²) in [4.78, 5) is 13.9. The van der Waals surface area contributed by atoms with Crippen molar-refractivity contribution < 1.29 is 9.84 Å². The monoisotopic (exact) mass is 429 g/mol. The second-order valence-electron chi connectivity index (χ2n) is 8.92. The molecule has 2 aliphatic rings. The van der Waals surface area contributed by atoms with Gasteiger partial charge in [0.2, 0.25) is 11.8 Å². The first-order valence-corrected chi connectivity index (χ1v) is 11.9. The summed E-state index contributed by atoms with van der Waals surface area (Å²) in [5, 5.41) is 16.7. The third kappa shape index (κ3) is 6.50. The lowest BCUT2D eigenvalue weighted by Crippen LogP contribution is -2.34. The van der Waals surface area contributed by atoms with Gasteiger partial charge >= 0.3 is 0 Å². The Hall–Kier alpha value is -1.99. The molecule has 7 heteroatoms. The highest BCUT2D eigenvalue weighted by Crippen LogP contribution is 2.35. The SMILES string of the molecule is C=C(c1nc(NC(C)CCC)ncc1C(=NC)OC1CCNCC1)C1CCC(O)CC1. The summed E-state index contributed by atoms with van der Waals surface area (Å²) >= 11 is 0. The van der Waals surface area contributed by atoms with Crippen LogP contribution in [0.25, 0.3) is 5.57 Å². The van der Waals surface area contributed by atoms with Crippen molar-refractivity contribution in [1.29, 1.82) is 0 Å². The molecule has 0 aromatic carbocycles. The maximum atomic E-state index is 9.93. The Morgan fingerprint density at radius 3 is 2.65 bits per heavy atom. The van der Waals surface area contributed by atoms with E-state index in [1.165, 1.54) is 0 Å². The Morgan fingerprint density at radius 2 is 2.00 bits per heavy atom. The number of nitrogens with zero attached hydrogens (tertiary/aromatic N) is 3. The van der Waals surface area contributed by atoms with Crippen molar-refractivity contribution in [2.75, 3.05) is 25.5 Å². The van der Waals surface area contributed by atoms with Crippen molar-refractivity contribution in [3.8, 4) is 0 Å². The van der Waals surface area contributed by atoms with Gasteiger partial charge in [0, 0.05) is 19.3 Å². The lowest BCUT2D eigenvalue weighted by atomic mass is 9.81. The highest BCUT2D eigenvalue weighted by molar-refractivity contribution is 5.98. The second kappa shape index (κ2) is 11.6. The number of allylic oxidation sites excluding steroid dienone is 1. The molecule has 1 aromatic heterocycles. The highest BCUT2D eigenvalue weighted by Gasteiger charge is 2.27. The first kappa shape index (κ1) is 23.7. The predicted molar refractivity (Wildman–Crippen MR) is 126 cm³/mol. The average molecular weight is 430 g/mol. The molecule has 0 radical (unpaired) electrons. The molecule has 1 atom stereocenters. The molecular formula is C24H39N5O2. The molecule has 0 spiro atoms. The molecule has 1 aliphatic carbocycles. The number of aliphatic hydroxyl groups excluding tert-OH is 1. The van der Waals surface area contributed by atoms with Gasteiger partial charge in [-0.3, -0.25) is 4.99 Å². The molecule has 2 heterocycles. The van der Waals surface area contributed by atoms with Crippen LogP contribution in [0, 0.1) is 5.92 Å². The zero-order chi connectivity index (χ0) is 22.2. The maximum Gasteiger partial charge on any atom is 0.223 e. The van der Waals surface area contributed by atoms with Gasteiger partial charge in [-0.2, -0.15) is 0 Å². The lowest BCUT2D eigenvalue weighted by molar-refractivity contribution is 0.119. The van der Waals surface area contributed by atoms with Gasteiger partial charge in [-0.25, -0.2) is 9.97 Å². The van der Waals surface area contributed by atoms with Crippen LogP contribution in [0.2, 0.25) is 0 Å². The largest absolute Gasteiger partial charge is 0.474 e. The molecule has 0 amide bonds. The van der Waals surface area contributed by atoms with Gasteiger partial charge in [0.25, 0.3) is 0 Å². The normalized spacial score (nSPS) is 23.9. The van der Waals surface area contributed by atoms with Crippen molar-refractivity contribution in [2.45, 2.75) is 83.5 Å². The second-order valence-corrected chi connectivity index (χ2v) is 8.92. The zero-order valence-electron chi connectivity index (χ0n) is 19.4. The quantitative estimate of drug-likeness (QED) is 0.430. The number of aliphatic imine (C=N–C) groups is 1.